The van der Waals surface area contributed by atoms with Crippen molar-refractivity contribution in [2.45, 2.75) is 0 Å². The van der Waals surface area contributed by atoms with Crippen LogP contribution in [-0.2, 0) is 0 Å². The zero-order valence-electron chi connectivity index (χ0n) is 6.04. The second-order valence-electron chi connectivity index (χ2n) is 2.42. The smallest absolute Gasteiger partial charge is 0.125 e. The number of halogens is 1. The highest BCUT2D eigenvalue weighted by Crippen LogP contribution is 2.12. The van der Waals surface area contributed by atoms with Gasteiger partial charge < -0.3 is 0 Å². The van der Waals surface area contributed by atoms with E-state index in [2.05, 4.69) is 10.2 Å². The van der Waals surface area contributed by atoms with E-state index in [9.17, 15) is 4.39 Å². The van der Waals surface area contributed by atoms with Crippen LogP contribution in [0, 0.1) is 10.3 Å². The molecule has 2 aromatic rings. The number of fused-ring (bicyclic) bond motifs is 1. The largest absolute Gasteiger partial charge is 0.278 e. The Morgan fingerprint density at radius 1 is 1.42 bits per heavy atom. The third-order valence-corrected chi connectivity index (χ3v) is 1.94. The molecule has 12 heavy (non-hydrogen) atoms. The lowest BCUT2D eigenvalue weighted by molar-refractivity contribution is 0.629. The minimum absolute atomic E-state index is 0.291. The fraction of sp³-hybridized carbons (Fsp3) is 0. The Morgan fingerprint density at radius 2 is 2.25 bits per heavy atom. The van der Waals surface area contributed by atoms with Crippen LogP contribution in [0.1, 0.15) is 0 Å². The van der Waals surface area contributed by atoms with Gasteiger partial charge in [-0.05, 0) is 18.2 Å². The topological polar surface area (TPSA) is 28.7 Å². The van der Waals surface area contributed by atoms with Gasteiger partial charge in [0.1, 0.15) is 5.82 Å². The van der Waals surface area contributed by atoms with Crippen molar-refractivity contribution in [3.8, 4) is 0 Å². The van der Waals surface area contributed by atoms with Crippen LogP contribution in [0.4, 0.5) is 4.39 Å². The molecule has 0 unspecified atom stereocenters. The van der Waals surface area contributed by atoms with E-state index in [0.717, 1.165) is 5.39 Å². The predicted molar refractivity (Wildman–Crippen MR) is 46.9 cm³/mol. The Bertz CT molecular complexity index is 478. The minimum Gasteiger partial charge on any atom is -0.278 e. The van der Waals surface area contributed by atoms with Crippen LogP contribution in [0.2, 0.25) is 0 Å². The van der Waals surface area contributed by atoms with Gasteiger partial charge in [0.15, 0.2) is 0 Å². The number of hydrogen-bond donors (Lipinski definition) is 1. The molecule has 2 rings (SSSR count). The van der Waals surface area contributed by atoms with Crippen molar-refractivity contribution in [2.75, 3.05) is 0 Å². The number of benzene rings is 1. The number of aromatic amines is 1. The Balaban J connectivity index is 2.96. The number of H-pyrrole nitrogens is 1. The first-order valence-corrected chi connectivity index (χ1v) is 3.81. The maximum absolute atomic E-state index is 12.7. The number of nitrogens with zero attached hydrogens (tertiary/aromatic N) is 1. The number of nitrogens with one attached hydrogen (secondary N) is 1. The molecule has 0 amide bonds. The highest BCUT2D eigenvalue weighted by atomic mass is 32.1. The molecule has 0 fully saturated rings. The van der Waals surface area contributed by atoms with E-state index in [1.807, 2.05) is 0 Å². The number of hydrogen-bond acceptors (Lipinski definition) is 2. The molecule has 60 valence electrons. The second kappa shape index (κ2) is 2.64. The van der Waals surface area contributed by atoms with Gasteiger partial charge in [-0.15, -0.1) is 0 Å². The van der Waals surface area contributed by atoms with Crippen LogP contribution in [0.5, 0.6) is 0 Å². The summed E-state index contributed by atoms with van der Waals surface area (Å²) >= 11 is 4.99. The molecular weight excluding hydrogens is 175 g/mol. The molecular formula is C8H5FN2S. The number of rotatable bonds is 0. The summed E-state index contributed by atoms with van der Waals surface area (Å²) in [6.45, 7) is 0. The van der Waals surface area contributed by atoms with Crippen LogP contribution in [-0.4, -0.2) is 10.2 Å². The van der Waals surface area contributed by atoms with Crippen LogP contribution in [0.3, 0.4) is 0 Å². The second-order valence-corrected chi connectivity index (χ2v) is 2.86. The van der Waals surface area contributed by atoms with Gasteiger partial charge in [0, 0.05) is 5.39 Å². The fourth-order valence-electron chi connectivity index (χ4n) is 1.05. The summed E-state index contributed by atoms with van der Waals surface area (Å²) in [5.41, 5.74) is 0.627. The third kappa shape index (κ3) is 1.10. The van der Waals surface area contributed by atoms with E-state index >= 15 is 0 Å². The zero-order chi connectivity index (χ0) is 8.55. The van der Waals surface area contributed by atoms with Gasteiger partial charge in [-0.3, -0.25) is 5.10 Å². The summed E-state index contributed by atoms with van der Waals surface area (Å²) in [5.74, 6) is -0.291. The van der Waals surface area contributed by atoms with E-state index in [0.29, 0.717) is 10.0 Å². The molecule has 1 aromatic heterocycles. The molecule has 1 N–H and O–H groups in total. The van der Waals surface area contributed by atoms with Gasteiger partial charge in [0.05, 0.1) is 16.2 Å². The van der Waals surface area contributed by atoms with Crippen molar-refractivity contribution in [2.24, 2.45) is 0 Å². The van der Waals surface area contributed by atoms with Crippen molar-refractivity contribution in [3.05, 3.63) is 34.7 Å². The SMILES string of the molecule is Fc1ccc2c(=S)cn[nH]c2c1. The molecule has 1 heterocycles. The van der Waals surface area contributed by atoms with Gasteiger partial charge in [-0.25, -0.2) is 4.39 Å². The quantitative estimate of drug-likeness (QED) is 0.631. The average molecular weight is 180 g/mol. The van der Waals surface area contributed by atoms with E-state index in [-0.39, 0.29) is 5.82 Å². The molecule has 0 saturated carbocycles. The summed E-state index contributed by atoms with van der Waals surface area (Å²) in [5, 5.41) is 7.25. The van der Waals surface area contributed by atoms with Crippen molar-refractivity contribution in [1.82, 2.24) is 10.2 Å². The van der Waals surface area contributed by atoms with Crippen molar-refractivity contribution in [1.29, 1.82) is 0 Å². The normalized spacial score (nSPS) is 10.4. The Labute approximate surface area is 73.0 Å². The zero-order valence-corrected chi connectivity index (χ0v) is 6.86. The first-order chi connectivity index (χ1) is 5.77. The third-order valence-electron chi connectivity index (χ3n) is 1.61. The number of aromatic nitrogens is 2. The average Bonchev–Trinajstić information content (AvgIpc) is 2.04. The van der Waals surface area contributed by atoms with Crippen molar-refractivity contribution < 1.29 is 4.39 Å². The molecule has 0 aliphatic rings. The summed E-state index contributed by atoms with van der Waals surface area (Å²) < 4.78 is 13.3. The minimum atomic E-state index is -0.291. The van der Waals surface area contributed by atoms with Crippen LogP contribution < -0.4 is 0 Å². The summed E-state index contributed by atoms with van der Waals surface area (Å²) in [6, 6.07) is 4.40. The lowest BCUT2D eigenvalue weighted by atomic mass is 10.2. The van der Waals surface area contributed by atoms with E-state index in [4.69, 9.17) is 12.2 Å². The first-order valence-electron chi connectivity index (χ1n) is 3.40. The van der Waals surface area contributed by atoms with Crippen LogP contribution >= 0.6 is 12.2 Å². The molecule has 4 heteroatoms. The first kappa shape index (κ1) is 7.36. The van der Waals surface area contributed by atoms with Gasteiger partial charge in [-0.2, -0.15) is 5.10 Å². The van der Waals surface area contributed by atoms with Crippen LogP contribution in [0.15, 0.2) is 24.4 Å². The highest BCUT2D eigenvalue weighted by Gasteiger charge is 1.96. The van der Waals surface area contributed by atoms with E-state index in [1.54, 1.807) is 6.07 Å². The lowest BCUT2D eigenvalue weighted by Crippen LogP contribution is -1.84. The predicted octanol–water partition coefficient (Wildman–Crippen LogP) is 2.43. The highest BCUT2D eigenvalue weighted by molar-refractivity contribution is 7.71. The molecule has 2 nitrogen and oxygen atoms in total. The molecule has 0 radical (unpaired) electrons. The summed E-state index contributed by atoms with van der Waals surface area (Å²) in [4.78, 5) is 0. The van der Waals surface area contributed by atoms with Crippen LogP contribution in [0.25, 0.3) is 10.9 Å². The molecule has 0 aliphatic carbocycles. The Kier molecular flexibility index (Phi) is 1.62. The molecule has 0 spiro atoms. The summed E-state index contributed by atoms with van der Waals surface area (Å²) in [7, 11) is 0. The maximum atomic E-state index is 12.7. The van der Waals surface area contributed by atoms with Gasteiger partial charge in [-0.1, -0.05) is 12.2 Å². The van der Waals surface area contributed by atoms with Gasteiger partial charge in [0.25, 0.3) is 0 Å². The van der Waals surface area contributed by atoms with Gasteiger partial charge in [0.2, 0.25) is 0 Å². The molecule has 0 aliphatic heterocycles. The lowest BCUT2D eigenvalue weighted by Gasteiger charge is -1.95. The van der Waals surface area contributed by atoms with Crippen molar-refractivity contribution in [3.63, 3.8) is 0 Å². The van der Waals surface area contributed by atoms with E-state index in [1.165, 1.54) is 18.3 Å². The Hall–Kier alpha value is -1.29. The maximum Gasteiger partial charge on any atom is 0.125 e. The van der Waals surface area contributed by atoms with E-state index < -0.39 is 0 Å². The van der Waals surface area contributed by atoms with Crippen molar-refractivity contribution >= 4 is 23.1 Å². The molecule has 0 saturated heterocycles. The van der Waals surface area contributed by atoms with Gasteiger partial charge >= 0.3 is 0 Å². The monoisotopic (exact) mass is 180 g/mol. The Morgan fingerprint density at radius 3 is 3.08 bits per heavy atom. The molecule has 1 aromatic carbocycles. The molecule has 0 bridgehead atoms. The standard InChI is InChI=1S/C8H5FN2S/c9-5-1-2-6-7(3-5)11-10-4-8(6)12/h1-4H,(H,11,12). The fourth-order valence-corrected chi connectivity index (χ4v) is 1.28. The summed E-state index contributed by atoms with van der Waals surface area (Å²) in [6.07, 6.45) is 1.54. The molecule has 0 atom stereocenters.